The Morgan fingerprint density at radius 3 is 2.95 bits per heavy atom. The summed E-state index contributed by atoms with van der Waals surface area (Å²) in [5.74, 6) is 0. The van der Waals surface area contributed by atoms with Gasteiger partial charge in [0.05, 0.1) is 18.4 Å². The lowest BCUT2D eigenvalue weighted by atomic mass is 10.2. The van der Waals surface area contributed by atoms with Gasteiger partial charge in [0.2, 0.25) is 0 Å². The van der Waals surface area contributed by atoms with E-state index in [9.17, 15) is 4.79 Å². The maximum atomic E-state index is 11.7. The van der Waals surface area contributed by atoms with Crippen molar-refractivity contribution in [2.24, 2.45) is 0 Å². The minimum atomic E-state index is -0.287. The predicted molar refractivity (Wildman–Crippen MR) is 79.8 cm³/mol. The van der Waals surface area contributed by atoms with E-state index in [2.05, 4.69) is 15.7 Å². The zero-order chi connectivity index (χ0) is 14.5. The minimum Gasteiger partial charge on any atom is -0.396 e. The van der Waals surface area contributed by atoms with E-state index in [1.54, 1.807) is 29.2 Å². The maximum Gasteiger partial charge on any atom is 0.319 e. The first kappa shape index (κ1) is 14.2. The molecule has 0 spiro atoms. The number of anilines is 2. The van der Waals surface area contributed by atoms with E-state index in [-0.39, 0.29) is 6.03 Å². The molecule has 1 heterocycles. The number of nitrogens with zero attached hydrogens (tertiary/aromatic N) is 2. The van der Waals surface area contributed by atoms with E-state index < -0.39 is 0 Å². The van der Waals surface area contributed by atoms with E-state index in [0.29, 0.717) is 29.5 Å². The van der Waals surface area contributed by atoms with Gasteiger partial charge in [-0.05, 0) is 24.6 Å². The first-order valence-corrected chi connectivity index (χ1v) is 6.51. The number of hydrogen-bond donors (Lipinski definition) is 3. The van der Waals surface area contributed by atoms with Crippen molar-refractivity contribution in [3.8, 4) is 0 Å². The fourth-order valence-electron chi connectivity index (χ4n) is 1.63. The summed E-state index contributed by atoms with van der Waals surface area (Å²) in [6, 6.07) is 5.08. The lowest BCUT2D eigenvalue weighted by Gasteiger charge is -2.08. The molecule has 6 nitrogen and oxygen atoms in total. The standard InChI is InChI=1S/C13H16ClN5O/c1-9-2-3-11(6-12(9)14)18-13(20)16-4-5-19-8-10(15)7-17-19/h2-3,6-8H,4-5,15H2,1H3,(H2,16,18,20). The second-order valence-electron chi connectivity index (χ2n) is 4.38. The van der Waals surface area contributed by atoms with Crippen molar-refractivity contribution in [2.45, 2.75) is 13.5 Å². The van der Waals surface area contributed by atoms with E-state index in [4.69, 9.17) is 17.3 Å². The van der Waals surface area contributed by atoms with E-state index in [1.165, 1.54) is 0 Å². The van der Waals surface area contributed by atoms with Gasteiger partial charge in [0.15, 0.2) is 0 Å². The number of urea groups is 1. The molecular weight excluding hydrogens is 278 g/mol. The number of aromatic nitrogens is 2. The number of nitrogen functional groups attached to an aromatic ring is 1. The second kappa shape index (κ2) is 6.29. The Morgan fingerprint density at radius 2 is 2.30 bits per heavy atom. The van der Waals surface area contributed by atoms with Gasteiger partial charge in [0.1, 0.15) is 0 Å². The van der Waals surface area contributed by atoms with Crippen molar-refractivity contribution < 1.29 is 4.79 Å². The highest BCUT2D eigenvalue weighted by Crippen LogP contribution is 2.19. The number of hydrogen-bond acceptors (Lipinski definition) is 3. The van der Waals surface area contributed by atoms with Crippen molar-refractivity contribution in [3.05, 3.63) is 41.2 Å². The monoisotopic (exact) mass is 293 g/mol. The number of aryl methyl sites for hydroxylation is 1. The second-order valence-corrected chi connectivity index (χ2v) is 4.79. The zero-order valence-corrected chi connectivity index (χ0v) is 11.8. The summed E-state index contributed by atoms with van der Waals surface area (Å²) < 4.78 is 1.67. The van der Waals surface area contributed by atoms with Crippen LogP contribution in [0.1, 0.15) is 5.56 Å². The Kier molecular flexibility index (Phi) is 4.47. The van der Waals surface area contributed by atoms with Crippen molar-refractivity contribution in [1.82, 2.24) is 15.1 Å². The number of carbonyl (C=O) groups is 1. The maximum absolute atomic E-state index is 11.7. The van der Waals surface area contributed by atoms with Crippen LogP contribution in [0.2, 0.25) is 5.02 Å². The smallest absolute Gasteiger partial charge is 0.319 e. The molecule has 2 rings (SSSR count). The molecule has 2 amide bonds. The molecule has 7 heteroatoms. The van der Waals surface area contributed by atoms with Gasteiger partial charge in [-0.25, -0.2) is 4.79 Å². The first-order valence-electron chi connectivity index (χ1n) is 6.13. The van der Waals surface area contributed by atoms with E-state index >= 15 is 0 Å². The highest BCUT2D eigenvalue weighted by Gasteiger charge is 2.03. The Hall–Kier alpha value is -2.21. The number of benzene rings is 1. The van der Waals surface area contributed by atoms with Crippen LogP contribution in [0.3, 0.4) is 0 Å². The number of rotatable bonds is 4. The lowest BCUT2D eigenvalue weighted by molar-refractivity contribution is 0.251. The first-order chi connectivity index (χ1) is 9.54. The minimum absolute atomic E-state index is 0.287. The SMILES string of the molecule is Cc1ccc(NC(=O)NCCn2cc(N)cn2)cc1Cl. The predicted octanol–water partition coefficient (Wildman–Crippen LogP) is 2.25. The van der Waals surface area contributed by atoms with Gasteiger partial charge in [0, 0.05) is 23.5 Å². The number of nitrogens with two attached hydrogens (primary N) is 1. The largest absolute Gasteiger partial charge is 0.396 e. The summed E-state index contributed by atoms with van der Waals surface area (Å²) in [6.45, 7) is 2.91. The average molecular weight is 294 g/mol. The summed E-state index contributed by atoms with van der Waals surface area (Å²) >= 11 is 5.99. The highest BCUT2D eigenvalue weighted by molar-refractivity contribution is 6.31. The van der Waals surface area contributed by atoms with Gasteiger partial charge in [-0.2, -0.15) is 5.10 Å². The Morgan fingerprint density at radius 1 is 1.50 bits per heavy atom. The molecule has 0 radical (unpaired) electrons. The summed E-state index contributed by atoms with van der Waals surface area (Å²) in [4.78, 5) is 11.7. The van der Waals surface area contributed by atoms with Crippen molar-refractivity contribution >= 4 is 29.0 Å². The van der Waals surface area contributed by atoms with Crippen LogP contribution in [0.25, 0.3) is 0 Å². The topological polar surface area (TPSA) is 85.0 Å². The molecule has 0 bridgehead atoms. The molecule has 0 atom stereocenters. The third-order valence-corrected chi connectivity index (χ3v) is 3.12. The quantitative estimate of drug-likeness (QED) is 0.808. The Labute approximate surface area is 121 Å². The number of halogens is 1. The molecule has 1 aromatic carbocycles. The molecule has 0 saturated carbocycles. The van der Waals surface area contributed by atoms with Gasteiger partial charge in [0.25, 0.3) is 0 Å². The molecule has 0 aliphatic carbocycles. The van der Waals surface area contributed by atoms with Crippen LogP contribution < -0.4 is 16.4 Å². The number of nitrogens with one attached hydrogen (secondary N) is 2. The van der Waals surface area contributed by atoms with Crippen LogP contribution in [0.5, 0.6) is 0 Å². The summed E-state index contributed by atoms with van der Waals surface area (Å²) in [7, 11) is 0. The molecule has 106 valence electrons. The highest BCUT2D eigenvalue weighted by atomic mass is 35.5. The molecule has 0 unspecified atom stereocenters. The van der Waals surface area contributed by atoms with E-state index in [0.717, 1.165) is 5.56 Å². The lowest BCUT2D eigenvalue weighted by Crippen LogP contribution is -2.31. The van der Waals surface area contributed by atoms with Crippen molar-refractivity contribution in [2.75, 3.05) is 17.6 Å². The molecular formula is C13H16ClN5O. The summed E-state index contributed by atoms with van der Waals surface area (Å²) in [5.41, 5.74) is 7.76. The van der Waals surface area contributed by atoms with Gasteiger partial charge < -0.3 is 16.4 Å². The van der Waals surface area contributed by atoms with Crippen LogP contribution in [-0.4, -0.2) is 22.4 Å². The van der Waals surface area contributed by atoms with Gasteiger partial charge >= 0.3 is 6.03 Å². The number of amides is 2. The van der Waals surface area contributed by atoms with Gasteiger partial charge in [-0.15, -0.1) is 0 Å². The van der Waals surface area contributed by atoms with Crippen LogP contribution in [0.4, 0.5) is 16.2 Å². The molecule has 20 heavy (non-hydrogen) atoms. The summed E-state index contributed by atoms with van der Waals surface area (Å²) in [6.07, 6.45) is 3.27. The summed E-state index contributed by atoms with van der Waals surface area (Å²) in [5, 5.41) is 10.1. The van der Waals surface area contributed by atoms with Crippen molar-refractivity contribution in [1.29, 1.82) is 0 Å². The zero-order valence-electron chi connectivity index (χ0n) is 11.1. The van der Waals surface area contributed by atoms with Gasteiger partial charge in [-0.1, -0.05) is 17.7 Å². The Balaban J connectivity index is 1.79. The van der Waals surface area contributed by atoms with Crippen LogP contribution in [-0.2, 0) is 6.54 Å². The van der Waals surface area contributed by atoms with Gasteiger partial charge in [-0.3, -0.25) is 4.68 Å². The van der Waals surface area contributed by atoms with Crippen LogP contribution in [0.15, 0.2) is 30.6 Å². The number of carbonyl (C=O) groups excluding carboxylic acids is 1. The Bertz CT molecular complexity index is 611. The third-order valence-electron chi connectivity index (χ3n) is 2.71. The van der Waals surface area contributed by atoms with Crippen LogP contribution in [0, 0.1) is 6.92 Å². The van der Waals surface area contributed by atoms with E-state index in [1.807, 2.05) is 13.0 Å². The molecule has 0 aliphatic rings. The third kappa shape index (κ3) is 3.89. The fraction of sp³-hybridized carbons (Fsp3) is 0.231. The molecule has 0 fully saturated rings. The molecule has 4 N–H and O–H groups in total. The van der Waals surface area contributed by atoms with Crippen molar-refractivity contribution in [3.63, 3.8) is 0 Å². The molecule has 1 aromatic heterocycles. The van der Waals surface area contributed by atoms with Crippen LogP contribution >= 0.6 is 11.6 Å². The molecule has 0 saturated heterocycles. The normalized spacial score (nSPS) is 10.3. The molecule has 2 aromatic rings. The fourth-order valence-corrected chi connectivity index (χ4v) is 1.81. The molecule has 0 aliphatic heterocycles. The average Bonchev–Trinajstić information content (AvgIpc) is 2.80.